The first kappa shape index (κ1) is 29.3. The summed E-state index contributed by atoms with van der Waals surface area (Å²) in [5.41, 5.74) is 3.99. The molecule has 5 aromatic rings. The summed E-state index contributed by atoms with van der Waals surface area (Å²) in [5.74, 6) is -2.10. The monoisotopic (exact) mass is 594 g/mol. The number of amides is 2. The van der Waals surface area contributed by atoms with Gasteiger partial charge in [0.05, 0.1) is 27.6 Å². The number of benzene rings is 4. The van der Waals surface area contributed by atoms with Gasteiger partial charge in [0.25, 0.3) is 5.91 Å². The number of rotatable bonds is 10. The van der Waals surface area contributed by atoms with Gasteiger partial charge in [-0.3, -0.25) is 9.59 Å². The molecule has 12 heteroatoms. The topological polar surface area (TPSA) is 175 Å². The third-order valence-corrected chi connectivity index (χ3v) is 7.79. The number of quaternary nitrogens is 1. The Morgan fingerprint density at radius 3 is 2.63 bits per heavy atom. The van der Waals surface area contributed by atoms with Gasteiger partial charge >= 0.3 is 0 Å². The first-order valence-electron chi connectivity index (χ1n) is 13.3. The molecule has 11 nitrogen and oxygen atoms in total. The van der Waals surface area contributed by atoms with Gasteiger partial charge in [-0.05, 0) is 47.9 Å². The number of para-hydroxylation sites is 1. The Kier molecular flexibility index (Phi) is 8.99. The Labute approximate surface area is 249 Å². The van der Waals surface area contributed by atoms with E-state index >= 15 is 0 Å². The van der Waals surface area contributed by atoms with E-state index in [9.17, 15) is 30.4 Å². The molecule has 43 heavy (non-hydrogen) atoms. The average Bonchev–Trinajstić information content (AvgIpc) is 3.43. The highest BCUT2D eigenvalue weighted by Crippen LogP contribution is 2.30. The lowest BCUT2D eigenvalue weighted by Crippen LogP contribution is -2.99. The first-order chi connectivity index (χ1) is 20.8. The van der Waals surface area contributed by atoms with Crippen LogP contribution in [0.3, 0.4) is 0 Å². The zero-order valence-electron chi connectivity index (χ0n) is 22.7. The number of hydrogen-bond acceptors (Lipinski definition) is 9. The van der Waals surface area contributed by atoms with Crippen molar-refractivity contribution in [3.63, 3.8) is 0 Å². The van der Waals surface area contributed by atoms with E-state index in [0.717, 1.165) is 15.6 Å². The molecule has 2 unspecified atom stereocenters. The molecule has 1 heterocycles. The van der Waals surface area contributed by atoms with Crippen LogP contribution in [-0.4, -0.2) is 32.8 Å². The van der Waals surface area contributed by atoms with Crippen molar-refractivity contribution in [3.8, 4) is 11.8 Å². The van der Waals surface area contributed by atoms with E-state index in [1.807, 2.05) is 36.4 Å². The number of nitriles is 1. The number of phenols is 1. The number of hydrogen-bond donors (Lipinski definition) is 5. The van der Waals surface area contributed by atoms with E-state index in [2.05, 4.69) is 26.9 Å². The number of anilines is 1. The van der Waals surface area contributed by atoms with Gasteiger partial charge in [0, 0.05) is 24.2 Å². The SMILES string of the molecule is N#CC(/C(CCCC(=O)Nc1cccc([NH+]([O-])O)c1)=N/NC(=O)c1c(O)ccc2ccccc12)c1nc2ccccc2s1. The highest BCUT2D eigenvalue weighted by Gasteiger charge is 2.24. The third-order valence-electron chi connectivity index (χ3n) is 6.68. The minimum absolute atomic E-state index is 0.0480. The second-order valence-electron chi connectivity index (χ2n) is 9.59. The van der Waals surface area contributed by atoms with Gasteiger partial charge in [0.1, 0.15) is 16.7 Å². The number of thiazole rings is 1. The number of aromatic hydroxyl groups is 1. The van der Waals surface area contributed by atoms with Crippen molar-refractivity contribution in [1.29, 1.82) is 5.26 Å². The van der Waals surface area contributed by atoms with Crippen LogP contribution in [0.4, 0.5) is 11.4 Å². The van der Waals surface area contributed by atoms with Gasteiger partial charge in [-0.1, -0.05) is 48.5 Å². The van der Waals surface area contributed by atoms with Gasteiger partial charge in [-0.15, -0.1) is 11.3 Å². The molecule has 2 amide bonds. The summed E-state index contributed by atoms with van der Waals surface area (Å²) < 4.78 is 0.893. The number of nitrogens with one attached hydrogen (secondary N) is 3. The molecule has 0 saturated heterocycles. The van der Waals surface area contributed by atoms with Crippen LogP contribution in [-0.2, 0) is 4.79 Å². The zero-order valence-corrected chi connectivity index (χ0v) is 23.5. The van der Waals surface area contributed by atoms with Crippen LogP contribution in [0.25, 0.3) is 21.0 Å². The Morgan fingerprint density at radius 2 is 1.84 bits per heavy atom. The molecule has 0 aliphatic carbocycles. The highest BCUT2D eigenvalue weighted by atomic mass is 32.1. The minimum atomic E-state index is -1.10. The third kappa shape index (κ3) is 6.83. The number of nitrogens with zero attached hydrogens (tertiary/aromatic N) is 3. The fraction of sp³-hybridized carbons (Fsp3) is 0.129. The molecule has 5 rings (SSSR count). The van der Waals surface area contributed by atoms with Crippen LogP contribution in [0.1, 0.15) is 40.5 Å². The van der Waals surface area contributed by atoms with E-state index in [1.165, 1.54) is 35.6 Å². The van der Waals surface area contributed by atoms with E-state index < -0.39 is 17.1 Å². The lowest BCUT2D eigenvalue weighted by Gasteiger charge is -2.13. The molecule has 4 aromatic carbocycles. The molecule has 0 aliphatic rings. The molecular weight excluding hydrogens is 568 g/mol. The molecule has 0 spiro atoms. The Balaban J connectivity index is 1.37. The maximum atomic E-state index is 13.3. The quantitative estimate of drug-likeness (QED) is 0.114. The molecule has 216 valence electrons. The maximum Gasteiger partial charge on any atom is 0.275 e. The van der Waals surface area contributed by atoms with Crippen LogP contribution >= 0.6 is 11.3 Å². The Morgan fingerprint density at radius 1 is 1.05 bits per heavy atom. The standard InChI is InChI=1S/C31H26N6O5S/c32-18-23(31-34-25-11-3-4-13-27(25)43-31)24(12-6-14-28(39)33-20-8-5-9-21(17-20)37(41)42)35-36-30(40)29-22-10-2-1-7-19(22)15-16-26(29)38/h1-5,7-11,13,15-17,23,37-38,41H,6,12,14H2,(H,33,39)(H,36,40)/b35-24+. The molecule has 1 aromatic heterocycles. The van der Waals surface area contributed by atoms with Crippen LogP contribution in [0, 0.1) is 16.5 Å². The fourth-order valence-electron chi connectivity index (χ4n) is 4.61. The summed E-state index contributed by atoms with van der Waals surface area (Å²) in [6.45, 7) is 0. The van der Waals surface area contributed by atoms with Crippen molar-refractivity contribution in [2.45, 2.75) is 25.2 Å². The Bertz CT molecular complexity index is 1850. The van der Waals surface area contributed by atoms with Crippen molar-refractivity contribution < 1.29 is 25.1 Å². The molecule has 0 bridgehead atoms. The number of aromatic nitrogens is 1. The second-order valence-corrected chi connectivity index (χ2v) is 10.7. The molecular formula is C31H26N6O5S. The number of fused-ring (bicyclic) bond motifs is 2. The van der Waals surface area contributed by atoms with Crippen LogP contribution < -0.4 is 16.0 Å². The predicted octanol–water partition coefficient (Wildman–Crippen LogP) is 4.76. The summed E-state index contributed by atoms with van der Waals surface area (Å²) in [5, 5.41) is 48.8. The largest absolute Gasteiger partial charge is 0.595 e. The van der Waals surface area contributed by atoms with Crippen molar-refractivity contribution in [2.75, 3.05) is 5.32 Å². The number of carbonyl (C=O) groups excluding carboxylic acids is 2. The summed E-state index contributed by atoms with van der Waals surface area (Å²) in [6.07, 6.45) is 0.507. The van der Waals surface area contributed by atoms with Gasteiger partial charge in [0.15, 0.2) is 5.69 Å². The van der Waals surface area contributed by atoms with Gasteiger partial charge in [-0.2, -0.15) is 15.6 Å². The lowest BCUT2D eigenvalue weighted by atomic mass is 10.00. The second kappa shape index (κ2) is 13.2. The van der Waals surface area contributed by atoms with Gasteiger partial charge in [0.2, 0.25) is 5.91 Å². The predicted molar refractivity (Wildman–Crippen MR) is 163 cm³/mol. The molecule has 0 aliphatic heterocycles. The summed E-state index contributed by atoms with van der Waals surface area (Å²) in [4.78, 5) is 30.5. The van der Waals surface area contributed by atoms with E-state index in [1.54, 1.807) is 24.3 Å². The molecule has 0 radical (unpaired) electrons. The van der Waals surface area contributed by atoms with Gasteiger partial charge in [-0.25, -0.2) is 15.6 Å². The van der Waals surface area contributed by atoms with Crippen molar-refractivity contribution >= 4 is 61.2 Å². The highest BCUT2D eigenvalue weighted by molar-refractivity contribution is 7.18. The van der Waals surface area contributed by atoms with E-state index in [0.29, 0.717) is 21.8 Å². The fourth-order valence-corrected chi connectivity index (χ4v) is 5.65. The van der Waals surface area contributed by atoms with Crippen LogP contribution in [0.2, 0.25) is 0 Å². The van der Waals surface area contributed by atoms with Crippen molar-refractivity contribution in [3.05, 3.63) is 101 Å². The van der Waals surface area contributed by atoms with E-state index in [4.69, 9.17) is 0 Å². The summed E-state index contributed by atoms with van der Waals surface area (Å²) >= 11 is 1.34. The van der Waals surface area contributed by atoms with Gasteiger partial charge < -0.3 is 15.6 Å². The van der Waals surface area contributed by atoms with Crippen molar-refractivity contribution in [1.82, 2.24) is 10.4 Å². The minimum Gasteiger partial charge on any atom is -0.595 e. The van der Waals surface area contributed by atoms with Crippen molar-refractivity contribution in [2.24, 2.45) is 5.10 Å². The van der Waals surface area contributed by atoms with Crippen LogP contribution in [0.15, 0.2) is 90.0 Å². The smallest absolute Gasteiger partial charge is 0.275 e. The molecule has 0 fully saturated rings. The summed E-state index contributed by atoms with van der Waals surface area (Å²) in [6, 6.07) is 25.9. The molecule has 2 atom stereocenters. The lowest BCUT2D eigenvalue weighted by molar-refractivity contribution is -0.991. The number of carbonyl (C=O) groups is 2. The van der Waals surface area contributed by atoms with Crippen LogP contribution in [0.5, 0.6) is 5.75 Å². The normalized spacial score (nSPS) is 12.9. The van der Waals surface area contributed by atoms with E-state index in [-0.39, 0.29) is 42.2 Å². The average molecular weight is 595 g/mol. The first-order valence-corrected chi connectivity index (χ1v) is 14.1. The Hall–Kier alpha value is -5.19. The zero-order chi connectivity index (χ0) is 30.3. The number of phenolic OH excluding ortho intramolecular Hbond substituents is 1. The molecule has 0 saturated carbocycles. The molecule has 5 N–H and O–H groups in total. The summed E-state index contributed by atoms with van der Waals surface area (Å²) in [7, 11) is 0. The number of hydrazone groups is 1. The maximum absolute atomic E-state index is 13.3.